The number of nitrogens with one attached hydrogen (secondary N) is 1. The van der Waals surface area contributed by atoms with Crippen molar-refractivity contribution in [2.45, 2.75) is 18.9 Å². The third-order valence-electron chi connectivity index (χ3n) is 2.90. The largest absolute Gasteiger partial charge is 0.271 e. The van der Waals surface area contributed by atoms with Gasteiger partial charge in [-0.3, -0.25) is 16.3 Å². The first kappa shape index (κ1) is 13.0. The molecular weight excluding hydrogens is 246 g/mol. The van der Waals surface area contributed by atoms with E-state index in [0.29, 0.717) is 0 Å². The predicted octanol–water partition coefficient (Wildman–Crippen LogP) is 2.87. The Bertz CT molecular complexity index is 487. The maximum absolute atomic E-state index is 6.17. The number of pyridine rings is 1. The maximum atomic E-state index is 6.17. The number of aromatic nitrogens is 1. The van der Waals surface area contributed by atoms with Gasteiger partial charge >= 0.3 is 0 Å². The lowest BCUT2D eigenvalue weighted by atomic mass is 10.0. The highest BCUT2D eigenvalue weighted by molar-refractivity contribution is 6.31. The standard InChI is InChI=1S/C14H16ClN3/c15-13-7-2-1-6-12(13)14(18-16)9-8-11-5-3-4-10-17-11/h1-7,10,14,18H,8-9,16H2. The van der Waals surface area contributed by atoms with Gasteiger partial charge < -0.3 is 0 Å². The van der Waals surface area contributed by atoms with Gasteiger partial charge in [-0.05, 0) is 36.6 Å². The van der Waals surface area contributed by atoms with Crippen LogP contribution in [0.5, 0.6) is 0 Å². The number of rotatable bonds is 5. The normalized spacial score (nSPS) is 12.3. The number of nitrogens with zero attached hydrogens (tertiary/aromatic N) is 1. The second-order valence-electron chi connectivity index (χ2n) is 4.10. The molecule has 1 unspecified atom stereocenters. The summed E-state index contributed by atoms with van der Waals surface area (Å²) in [5.74, 6) is 5.61. The minimum Gasteiger partial charge on any atom is -0.271 e. The smallest absolute Gasteiger partial charge is 0.0478 e. The average molecular weight is 262 g/mol. The molecule has 0 amide bonds. The van der Waals surface area contributed by atoms with Crippen molar-refractivity contribution in [3.8, 4) is 0 Å². The second kappa shape index (κ2) is 6.50. The summed E-state index contributed by atoms with van der Waals surface area (Å²) in [4.78, 5) is 4.30. The third-order valence-corrected chi connectivity index (χ3v) is 3.24. The van der Waals surface area contributed by atoms with Crippen molar-refractivity contribution in [1.29, 1.82) is 0 Å². The van der Waals surface area contributed by atoms with E-state index in [9.17, 15) is 0 Å². The molecular formula is C14H16ClN3. The molecule has 94 valence electrons. The van der Waals surface area contributed by atoms with Crippen LogP contribution in [0.4, 0.5) is 0 Å². The van der Waals surface area contributed by atoms with Gasteiger partial charge in [0, 0.05) is 23.0 Å². The van der Waals surface area contributed by atoms with Gasteiger partial charge in [0.25, 0.3) is 0 Å². The Balaban J connectivity index is 2.04. The Morgan fingerprint density at radius 1 is 1.17 bits per heavy atom. The first-order chi connectivity index (χ1) is 8.81. The summed E-state index contributed by atoms with van der Waals surface area (Å²) in [6.45, 7) is 0. The van der Waals surface area contributed by atoms with Crippen LogP contribution in [0.25, 0.3) is 0 Å². The van der Waals surface area contributed by atoms with E-state index in [1.807, 2.05) is 42.5 Å². The van der Waals surface area contributed by atoms with Crippen LogP contribution in [-0.2, 0) is 6.42 Å². The molecule has 0 aliphatic heterocycles. The maximum Gasteiger partial charge on any atom is 0.0478 e. The summed E-state index contributed by atoms with van der Waals surface area (Å²) in [6, 6.07) is 13.7. The fourth-order valence-electron chi connectivity index (χ4n) is 1.92. The molecule has 0 bridgehead atoms. The molecule has 0 saturated heterocycles. The fourth-order valence-corrected chi connectivity index (χ4v) is 2.19. The highest BCUT2D eigenvalue weighted by Gasteiger charge is 2.12. The van der Waals surface area contributed by atoms with E-state index in [1.165, 1.54) is 0 Å². The summed E-state index contributed by atoms with van der Waals surface area (Å²) in [5, 5.41) is 0.737. The topological polar surface area (TPSA) is 50.9 Å². The minimum absolute atomic E-state index is 0.0423. The summed E-state index contributed by atoms with van der Waals surface area (Å²) < 4.78 is 0. The molecule has 0 aliphatic rings. The monoisotopic (exact) mass is 261 g/mol. The van der Waals surface area contributed by atoms with E-state index < -0.39 is 0 Å². The van der Waals surface area contributed by atoms with Crippen LogP contribution in [-0.4, -0.2) is 4.98 Å². The highest BCUT2D eigenvalue weighted by Crippen LogP contribution is 2.25. The van der Waals surface area contributed by atoms with Crippen molar-refractivity contribution in [3.05, 3.63) is 64.9 Å². The van der Waals surface area contributed by atoms with Crippen LogP contribution in [0.1, 0.15) is 23.7 Å². The van der Waals surface area contributed by atoms with E-state index >= 15 is 0 Å². The SMILES string of the molecule is NNC(CCc1ccccn1)c1ccccc1Cl. The van der Waals surface area contributed by atoms with Gasteiger partial charge in [0.2, 0.25) is 0 Å². The molecule has 3 N–H and O–H groups in total. The molecule has 0 saturated carbocycles. The van der Waals surface area contributed by atoms with Crippen LogP contribution < -0.4 is 11.3 Å². The molecule has 0 spiro atoms. The zero-order valence-corrected chi connectivity index (χ0v) is 10.8. The zero-order chi connectivity index (χ0) is 12.8. The van der Waals surface area contributed by atoms with E-state index in [2.05, 4.69) is 10.4 Å². The van der Waals surface area contributed by atoms with Gasteiger partial charge in [-0.2, -0.15) is 0 Å². The van der Waals surface area contributed by atoms with Crippen LogP contribution >= 0.6 is 11.6 Å². The Labute approximate surface area is 112 Å². The number of hydrazine groups is 1. The van der Waals surface area contributed by atoms with Crippen molar-refractivity contribution in [1.82, 2.24) is 10.4 Å². The average Bonchev–Trinajstić information content (AvgIpc) is 2.42. The van der Waals surface area contributed by atoms with Crippen LogP contribution in [0.15, 0.2) is 48.7 Å². The third kappa shape index (κ3) is 3.29. The number of aryl methyl sites for hydroxylation is 1. The van der Waals surface area contributed by atoms with Crippen molar-refractivity contribution in [2.75, 3.05) is 0 Å². The molecule has 1 atom stereocenters. The Hall–Kier alpha value is -1.42. The van der Waals surface area contributed by atoms with Gasteiger partial charge in [-0.15, -0.1) is 0 Å². The van der Waals surface area contributed by atoms with Crippen molar-refractivity contribution in [2.24, 2.45) is 5.84 Å². The number of hydrogen-bond acceptors (Lipinski definition) is 3. The van der Waals surface area contributed by atoms with Gasteiger partial charge in [0.1, 0.15) is 0 Å². The molecule has 2 aromatic rings. The van der Waals surface area contributed by atoms with Gasteiger partial charge in [0.05, 0.1) is 0 Å². The van der Waals surface area contributed by atoms with E-state index in [0.717, 1.165) is 29.1 Å². The molecule has 3 nitrogen and oxygen atoms in total. The second-order valence-corrected chi connectivity index (χ2v) is 4.51. The molecule has 4 heteroatoms. The van der Waals surface area contributed by atoms with Crippen molar-refractivity contribution >= 4 is 11.6 Å². The van der Waals surface area contributed by atoms with E-state index in [-0.39, 0.29) is 6.04 Å². The Kier molecular flexibility index (Phi) is 4.70. The van der Waals surface area contributed by atoms with Crippen molar-refractivity contribution in [3.63, 3.8) is 0 Å². The molecule has 1 heterocycles. The summed E-state index contributed by atoms with van der Waals surface area (Å²) in [6.07, 6.45) is 3.52. The van der Waals surface area contributed by atoms with Crippen LogP contribution in [0.2, 0.25) is 5.02 Å². The molecule has 1 aromatic heterocycles. The number of hydrogen-bond donors (Lipinski definition) is 2. The van der Waals surface area contributed by atoms with Crippen LogP contribution in [0.3, 0.4) is 0 Å². The predicted molar refractivity (Wildman–Crippen MR) is 74.1 cm³/mol. The van der Waals surface area contributed by atoms with Gasteiger partial charge in [-0.25, -0.2) is 0 Å². The molecule has 0 fully saturated rings. The van der Waals surface area contributed by atoms with E-state index in [4.69, 9.17) is 17.4 Å². The highest BCUT2D eigenvalue weighted by atomic mass is 35.5. The fraction of sp³-hybridized carbons (Fsp3) is 0.214. The first-order valence-electron chi connectivity index (χ1n) is 5.91. The quantitative estimate of drug-likeness (QED) is 0.643. The molecule has 0 aliphatic carbocycles. The number of benzene rings is 1. The number of nitrogens with two attached hydrogens (primary N) is 1. The Morgan fingerprint density at radius 3 is 2.61 bits per heavy atom. The lowest BCUT2D eigenvalue weighted by molar-refractivity contribution is 0.514. The zero-order valence-electron chi connectivity index (χ0n) is 10.0. The first-order valence-corrected chi connectivity index (χ1v) is 6.29. The van der Waals surface area contributed by atoms with E-state index in [1.54, 1.807) is 6.20 Å². The summed E-state index contributed by atoms with van der Waals surface area (Å²) in [7, 11) is 0. The molecule has 0 radical (unpaired) electrons. The van der Waals surface area contributed by atoms with Crippen LogP contribution in [0, 0.1) is 0 Å². The Morgan fingerprint density at radius 2 is 1.94 bits per heavy atom. The molecule has 2 rings (SSSR count). The van der Waals surface area contributed by atoms with Gasteiger partial charge in [0.15, 0.2) is 0 Å². The molecule has 18 heavy (non-hydrogen) atoms. The minimum atomic E-state index is 0.0423. The number of halogens is 1. The lowest BCUT2D eigenvalue weighted by Crippen LogP contribution is -2.28. The lowest BCUT2D eigenvalue weighted by Gasteiger charge is -2.17. The summed E-state index contributed by atoms with van der Waals surface area (Å²) in [5.41, 5.74) is 4.90. The van der Waals surface area contributed by atoms with Gasteiger partial charge in [-0.1, -0.05) is 35.9 Å². The van der Waals surface area contributed by atoms with Crippen molar-refractivity contribution < 1.29 is 0 Å². The molecule has 1 aromatic carbocycles. The summed E-state index contributed by atoms with van der Waals surface area (Å²) >= 11 is 6.17.